The van der Waals surface area contributed by atoms with Crippen molar-refractivity contribution in [3.8, 4) is 24.0 Å². The Kier molecular flexibility index (Phi) is 8.32. The first-order chi connectivity index (χ1) is 7.77. The van der Waals surface area contributed by atoms with Crippen LogP contribution in [0.25, 0.3) is 0 Å². The molecule has 0 radical (unpaired) electrons. The molecule has 0 heterocycles. The normalized spacial score (nSPS) is 7.69. The van der Waals surface area contributed by atoms with Crippen LogP contribution in [-0.2, 0) is 0 Å². The fourth-order valence-corrected chi connectivity index (χ4v) is 1.37. The Morgan fingerprint density at radius 2 is 1.94 bits per heavy atom. The van der Waals surface area contributed by atoms with Crippen molar-refractivity contribution in [3.63, 3.8) is 0 Å². The number of halogens is 1. The predicted molar refractivity (Wildman–Crippen MR) is 81.2 cm³/mol. The average molecular weight is 340 g/mol. The lowest BCUT2D eigenvalue weighted by Crippen LogP contribution is -1.92. The number of hydrogen-bond donors (Lipinski definition) is 1. The molecule has 16 heavy (non-hydrogen) atoms. The van der Waals surface area contributed by atoms with Gasteiger partial charge in [-0.05, 0) is 45.2 Å². The third kappa shape index (κ3) is 5.01. The Balaban J connectivity index is 0.00000106. The van der Waals surface area contributed by atoms with Crippen LogP contribution in [0.3, 0.4) is 0 Å². The van der Waals surface area contributed by atoms with Crippen LogP contribution in [0.4, 0.5) is 0 Å². The molecule has 2 nitrogen and oxygen atoms in total. The maximum absolute atomic E-state index is 7.42. The molecule has 4 heteroatoms. The van der Waals surface area contributed by atoms with E-state index < -0.39 is 0 Å². The highest BCUT2D eigenvalue weighted by molar-refractivity contribution is 14.2. The van der Waals surface area contributed by atoms with Gasteiger partial charge < -0.3 is 0 Å². The molecular weight excluding hydrogens is 331 g/mol. The molecule has 0 aliphatic heterocycles. The number of terminal acetylenes is 1. The van der Waals surface area contributed by atoms with Gasteiger partial charge in [-0.15, -0.1) is 12.8 Å². The third-order valence-electron chi connectivity index (χ3n) is 1.55. The van der Waals surface area contributed by atoms with Crippen LogP contribution in [0.1, 0.15) is 11.1 Å². The highest BCUT2D eigenvalue weighted by atomic mass is 127. The molecule has 0 spiro atoms. The summed E-state index contributed by atoms with van der Waals surface area (Å²) in [6, 6.07) is 7.38. The molecule has 80 valence electrons. The molecule has 0 aromatic heterocycles. The van der Waals surface area contributed by atoms with Gasteiger partial charge >= 0.3 is 0 Å². The number of benzene rings is 1. The van der Waals surface area contributed by atoms with Gasteiger partial charge in [0.2, 0.25) is 0 Å². The maximum atomic E-state index is 7.42. The molecule has 1 rings (SSSR count). The maximum Gasteiger partial charge on any atom is 0.151 e. The van der Waals surface area contributed by atoms with Crippen LogP contribution < -0.4 is 0 Å². The Bertz CT molecular complexity index is 438. The summed E-state index contributed by atoms with van der Waals surface area (Å²) in [4.78, 5) is 3.54. The van der Waals surface area contributed by atoms with E-state index in [-0.39, 0.29) is 5.84 Å². The fourth-order valence-electron chi connectivity index (χ4n) is 0.881. The zero-order valence-corrected chi connectivity index (χ0v) is 11.4. The minimum absolute atomic E-state index is 0.188. The quantitative estimate of drug-likeness (QED) is 0.362. The zero-order valence-electron chi connectivity index (χ0n) is 8.40. The SMILES string of the molecule is C#C.C=NC(=N)c1ccc(C#CSI)cc1. The minimum Gasteiger partial charge on any atom is -0.282 e. The van der Waals surface area contributed by atoms with Crippen molar-refractivity contribution in [2.24, 2.45) is 4.99 Å². The van der Waals surface area contributed by atoms with Gasteiger partial charge in [-0.2, -0.15) is 0 Å². The van der Waals surface area contributed by atoms with Gasteiger partial charge in [-0.1, -0.05) is 5.92 Å². The first kappa shape index (κ1) is 14.8. The van der Waals surface area contributed by atoms with Gasteiger partial charge in [0, 0.05) is 32.3 Å². The molecule has 0 amide bonds. The summed E-state index contributed by atoms with van der Waals surface area (Å²) in [5, 5.41) is 10.3. The van der Waals surface area contributed by atoms with Crippen LogP contribution in [0.2, 0.25) is 0 Å². The van der Waals surface area contributed by atoms with Gasteiger partial charge in [-0.3, -0.25) is 5.41 Å². The summed E-state index contributed by atoms with van der Waals surface area (Å²) >= 11 is 2.12. The highest BCUT2D eigenvalue weighted by Crippen LogP contribution is 2.09. The third-order valence-corrected chi connectivity index (χ3v) is 2.39. The minimum atomic E-state index is 0.188. The largest absolute Gasteiger partial charge is 0.282 e. The molecule has 0 unspecified atom stereocenters. The van der Waals surface area contributed by atoms with Crippen molar-refractivity contribution in [3.05, 3.63) is 35.4 Å². The second-order valence-corrected chi connectivity index (χ2v) is 4.07. The molecule has 0 saturated heterocycles. The van der Waals surface area contributed by atoms with E-state index in [1.807, 2.05) is 24.3 Å². The predicted octanol–water partition coefficient (Wildman–Crippen LogP) is 3.35. The first-order valence-electron chi connectivity index (χ1n) is 4.05. The number of aliphatic imine (C=N–C) groups is 1. The van der Waals surface area contributed by atoms with E-state index in [2.05, 4.69) is 56.9 Å². The summed E-state index contributed by atoms with van der Waals surface area (Å²) < 4.78 is 0. The molecule has 0 aliphatic rings. The molecule has 0 saturated carbocycles. The van der Waals surface area contributed by atoms with Crippen molar-refractivity contribution in [2.75, 3.05) is 0 Å². The topological polar surface area (TPSA) is 36.2 Å². The van der Waals surface area contributed by atoms with Gasteiger partial charge in [-0.25, -0.2) is 4.99 Å². The Morgan fingerprint density at radius 1 is 1.38 bits per heavy atom. The molecular formula is C12H9IN2S. The fraction of sp³-hybridized carbons (Fsp3) is 0. The summed E-state index contributed by atoms with van der Waals surface area (Å²) in [6.45, 7) is 3.30. The summed E-state index contributed by atoms with van der Waals surface area (Å²) in [6.07, 6.45) is 8.00. The van der Waals surface area contributed by atoms with Crippen LogP contribution in [0.15, 0.2) is 29.3 Å². The monoisotopic (exact) mass is 340 g/mol. The Hall–Kier alpha value is -1.24. The van der Waals surface area contributed by atoms with E-state index >= 15 is 0 Å². The average Bonchev–Trinajstić information content (AvgIpc) is 2.38. The van der Waals surface area contributed by atoms with Crippen molar-refractivity contribution < 1.29 is 0 Å². The standard InChI is InChI=1S/C10H7IN2S.C2H2/c1-13-10(12)9-4-2-8(3-5-9)6-7-14-11;1-2/h2-5,12H,1H2;1-2H. The van der Waals surface area contributed by atoms with Crippen molar-refractivity contribution in [1.29, 1.82) is 5.41 Å². The van der Waals surface area contributed by atoms with Crippen LogP contribution >= 0.6 is 30.1 Å². The summed E-state index contributed by atoms with van der Waals surface area (Å²) in [7, 11) is 1.45. The van der Waals surface area contributed by atoms with Crippen molar-refractivity contribution >= 4 is 42.7 Å². The number of rotatable bonds is 1. The summed E-state index contributed by atoms with van der Waals surface area (Å²) in [5.74, 6) is 3.15. The van der Waals surface area contributed by atoms with Gasteiger partial charge in [0.05, 0.1) is 0 Å². The van der Waals surface area contributed by atoms with Crippen LogP contribution in [-0.4, -0.2) is 12.6 Å². The smallest absolute Gasteiger partial charge is 0.151 e. The Labute approximate surface area is 112 Å². The van der Waals surface area contributed by atoms with E-state index in [1.54, 1.807) is 0 Å². The van der Waals surface area contributed by atoms with Gasteiger partial charge in [0.15, 0.2) is 5.84 Å². The van der Waals surface area contributed by atoms with Crippen LogP contribution in [0, 0.1) is 29.4 Å². The number of nitrogens with zero attached hydrogens (tertiary/aromatic N) is 1. The van der Waals surface area contributed by atoms with Crippen molar-refractivity contribution in [2.45, 2.75) is 0 Å². The molecule has 0 aliphatic carbocycles. The first-order valence-corrected chi connectivity index (χ1v) is 7.41. The number of nitrogens with one attached hydrogen (secondary N) is 1. The van der Waals surface area contributed by atoms with Crippen LogP contribution in [0.5, 0.6) is 0 Å². The lowest BCUT2D eigenvalue weighted by molar-refractivity contribution is 1.43. The Morgan fingerprint density at radius 3 is 2.38 bits per heavy atom. The second kappa shape index (κ2) is 9.02. The van der Waals surface area contributed by atoms with Gasteiger partial charge in [0.1, 0.15) is 0 Å². The molecule has 1 aromatic carbocycles. The van der Waals surface area contributed by atoms with E-state index in [1.165, 1.54) is 8.93 Å². The molecule has 0 bridgehead atoms. The lowest BCUT2D eigenvalue weighted by Gasteiger charge is -1.96. The van der Waals surface area contributed by atoms with E-state index in [0.29, 0.717) is 0 Å². The lowest BCUT2D eigenvalue weighted by atomic mass is 10.1. The second-order valence-electron chi connectivity index (χ2n) is 2.39. The van der Waals surface area contributed by atoms with E-state index in [0.717, 1.165) is 11.1 Å². The molecule has 1 aromatic rings. The number of amidine groups is 1. The summed E-state index contributed by atoms with van der Waals surface area (Å²) in [5.41, 5.74) is 1.70. The van der Waals surface area contributed by atoms with Crippen molar-refractivity contribution in [1.82, 2.24) is 0 Å². The zero-order chi connectivity index (χ0) is 12.4. The van der Waals surface area contributed by atoms with E-state index in [9.17, 15) is 0 Å². The molecule has 0 fully saturated rings. The van der Waals surface area contributed by atoms with E-state index in [4.69, 9.17) is 5.41 Å². The molecule has 1 N–H and O–H groups in total. The van der Waals surface area contributed by atoms with Gasteiger partial charge in [0.25, 0.3) is 0 Å². The highest BCUT2D eigenvalue weighted by Gasteiger charge is 1.96. The molecule has 0 atom stereocenters. The number of hydrogen-bond acceptors (Lipinski definition) is 2.